The highest BCUT2D eigenvalue weighted by atomic mass is 15.2. The highest BCUT2D eigenvalue weighted by molar-refractivity contribution is 4.68. The Hall–Kier alpha value is -0.0800. The van der Waals surface area contributed by atoms with Gasteiger partial charge in [0.15, 0.2) is 0 Å². The number of nitrogens with zero attached hydrogens (tertiary/aromatic N) is 1. The number of hydrogen-bond donors (Lipinski definition) is 1. The average Bonchev–Trinajstić information content (AvgIpc) is 2.07. The third-order valence-corrected chi connectivity index (χ3v) is 2.39. The van der Waals surface area contributed by atoms with Gasteiger partial charge in [-0.3, -0.25) is 4.90 Å². The minimum Gasteiger partial charge on any atom is -0.329 e. The van der Waals surface area contributed by atoms with Crippen molar-refractivity contribution >= 4 is 0 Å². The molecule has 0 fully saturated rings. The fourth-order valence-corrected chi connectivity index (χ4v) is 1.74. The van der Waals surface area contributed by atoms with Gasteiger partial charge in [0.05, 0.1) is 0 Å². The van der Waals surface area contributed by atoms with Crippen LogP contribution in [0.2, 0.25) is 0 Å². The summed E-state index contributed by atoms with van der Waals surface area (Å²) in [5.74, 6) is 0. The van der Waals surface area contributed by atoms with Gasteiger partial charge in [-0.1, -0.05) is 20.8 Å². The lowest BCUT2D eigenvalue weighted by atomic mass is 10.1. The maximum absolute atomic E-state index is 5.57. The molecule has 0 radical (unpaired) electrons. The van der Waals surface area contributed by atoms with Crippen LogP contribution >= 0.6 is 0 Å². The van der Waals surface area contributed by atoms with E-state index in [4.69, 9.17) is 5.73 Å². The van der Waals surface area contributed by atoms with E-state index in [0.29, 0.717) is 0 Å². The fourth-order valence-electron chi connectivity index (χ4n) is 1.74. The summed E-state index contributed by atoms with van der Waals surface area (Å²) in [5, 5.41) is 0. The smallest absolute Gasteiger partial charge is 0.0108 e. The molecule has 0 saturated carbocycles. The number of rotatable bonds is 7. The lowest BCUT2D eigenvalue weighted by Crippen LogP contribution is -2.38. The monoisotopic (exact) mass is 172 g/mol. The van der Waals surface area contributed by atoms with Gasteiger partial charge in [0.25, 0.3) is 0 Å². The van der Waals surface area contributed by atoms with Crippen LogP contribution in [0.25, 0.3) is 0 Å². The molecule has 2 heteroatoms. The van der Waals surface area contributed by atoms with Gasteiger partial charge in [0.1, 0.15) is 0 Å². The first-order chi connectivity index (χ1) is 5.79. The summed E-state index contributed by atoms with van der Waals surface area (Å²) >= 11 is 0. The van der Waals surface area contributed by atoms with Crippen LogP contribution in [0.15, 0.2) is 0 Å². The Balaban J connectivity index is 3.86. The molecule has 0 aromatic rings. The van der Waals surface area contributed by atoms with E-state index in [0.717, 1.165) is 19.1 Å². The third-order valence-electron chi connectivity index (χ3n) is 2.39. The van der Waals surface area contributed by atoms with Crippen molar-refractivity contribution in [2.75, 3.05) is 19.6 Å². The van der Waals surface area contributed by atoms with Crippen LogP contribution in [-0.2, 0) is 0 Å². The molecular weight excluding hydrogens is 148 g/mol. The molecule has 0 heterocycles. The van der Waals surface area contributed by atoms with Crippen LogP contribution in [0, 0.1) is 0 Å². The zero-order chi connectivity index (χ0) is 9.40. The molecule has 0 atom stereocenters. The van der Waals surface area contributed by atoms with Crippen LogP contribution in [-0.4, -0.2) is 30.6 Å². The second kappa shape index (κ2) is 7.56. The molecule has 0 rings (SSSR count). The Labute approximate surface area is 77.1 Å². The van der Waals surface area contributed by atoms with E-state index in [1.54, 1.807) is 0 Å². The molecule has 0 aliphatic rings. The Morgan fingerprint density at radius 2 is 1.67 bits per heavy atom. The molecule has 0 aliphatic carbocycles. The van der Waals surface area contributed by atoms with Crippen molar-refractivity contribution in [1.29, 1.82) is 0 Å². The van der Waals surface area contributed by atoms with Crippen molar-refractivity contribution in [3.05, 3.63) is 0 Å². The van der Waals surface area contributed by atoms with E-state index in [1.807, 2.05) is 0 Å². The Morgan fingerprint density at radius 1 is 1.08 bits per heavy atom. The van der Waals surface area contributed by atoms with Crippen molar-refractivity contribution < 1.29 is 0 Å². The molecule has 0 saturated heterocycles. The van der Waals surface area contributed by atoms with Crippen LogP contribution < -0.4 is 5.73 Å². The van der Waals surface area contributed by atoms with E-state index >= 15 is 0 Å². The number of hydrogen-bond acceptors (Lipinski definition) is 2. The first-order valence-electron chi connectivity index (χ1n) is 5.24. The van der Waals surface area contributed by atoms with Gasteiger partial charge in [0, 0.05) is 19.1 Å². The molecule has 0 bridgehead atoms. The van der Waals surface area contributed by atoms with Gasteiger partial charge < -0.3 is 5.73 Å². The molecule has 0 aliphatic heterocycles. The van der Waals surface area contributed by atoms with Crippen molar-refractivity contribution in [3.8, 4) is 0 Å². The molecule has 0 aromatic heterocycles. The highest BCUT2D eigenvalue weighted by Gasteiger charge is 2.12. The molecule has 0 spiro atoms. The molecule has 0 aromatic carbocycles. The van der Waals surface area contributed by atoms with Gasteiger partial charge in [-0.05, 0) is 25.8 Å². The first-order valence-corrected chi connectivity index (χ1v) is 5.24. The fraction of sp³-hybridized carbons (Fsp3) is 1.00. The minimum atomic E-state index is 0.744. The minimum absolute atomic E-state index is 0.744. The van der Waals surface area contributed by atoms with Crippen molar-refractivity contribution in [2.45, 2.75) is 46.1 Å². The van der Waals surface area contributed by atoms with E-state index in [9.17, 15) is 0 Å². The van der Waals surface area contributed by atoms with Gasteiger partial charge in [-0.25, -0.2) is 0 Å². The summed E-state index contributed by atoms with van der Waals surface area (Å²) in [4.78, 5) is 2.51. The maximum atomic E-state index is 5.57. The van der Waals surface area contributed by atoms with Crippen LogP contribution in [0.5, 0.6) is 0 Å². The first kappa shape index (κ1) is 11.9. The largest absolute Gasteiger partial charge is 0.329 e. The second-order valence-electron chi connectivity index (χ2n) is 3.29. The second-order valence-corrected chi connectivity index (χ2v) is 3.29. The summed E-state index contributed by atoms with van der Waals surface area (Å²) in [5.41, 5.74) is 5.57. The molecule has 0 amide bonds. The predicted molar refractivity (Wildman–Crippen MR) is 55.3 cm³/mol. The predicted octanol–water partition coefficient (Wildman–Crippen LogP) is 1.85. The summed E-state index contributed by atoms with van der Waals surface area (Å²) in [6.07, 6.45) is 3.73. The lowest BCUT2D eigenvalue weighted by Gasteiger charge is -2.29. The molecule has 2 nitrogen and oxygen atoms in total. The normalized spacial score (nSPS) is 11.5. The van der Waals surface area contributed by atoms with Crippen LogP contribution in [0.3, 0.4) is 0 Å². The highest BCUT2D eigenvalue weighted by Crippen LogP contribution is 2.07. The molecule has 0 unspecified atom stereocenters. The average molecular weight is 172 g/mol. The quantitative estimate of drug-likeness (QED) is 0.635. The van der Waals surface area contributed by atoms with Crippen molar-refractivity contribution in [3.63, 3.8) is 0 Å². The van der Waals surface area contributed by atoms with Gasteiger partial charge in [-0.2, -0.15) is 0 Å². The summed E-state index contributed by atoms with van der Waals surface area (Å²) in [6.45, 7) is 9.78. The van der Waals surface area contributed by atoms with E-state index in [2.05, 4.69) is 25.7 Å². The van der Waals surface area contributed by atoms with Gasteiger partial charge in [0.2, 0.25) is 0 Å². The van der Waals surface area contributed by atoms with E-state index < -0.39 is 0 Å². The standard InChI is InChI=1S/C10H24N2/c1-4-8-12(9-7-11)10(5-2)6-3/h10H,4-9,11H2,1-3H3. The Kier molecular flexibility index (Phi) is 7.51. The summed E-state index contributed by atoms with van der Waals surface area (Å²) < 4.78 is 0. The molecular formula is C10H24N2. The molecule has 74 valence electrons. The van der Waals surface area contributed by atoms with Gasteiger partial charge in [-0.15, -0.1) is 0 Å². The van der Waals surface area contributed by atoms with Crippen molar-refractivity contribution in [2.24, 2.45) is 5.73 Å². The summed E-state index contributed by atoms with van der Waals surface area (Å²) in [6, 6.07) is 0.744. The number of nitrogens with two attached hydrogens (primary N) is 1. The topological polar surface area (TPSA) is 29.3 Å². The van der Waals surface area contributed by atoms with Gasteiger partial charge >= 0.3 is 0 Å². The summed E-state index contributed by atoms with van der Waals surface area (Å²) in [7, 11) is 0. The lowest BCUT2D eigenvalue weighted by molar-refractivity contribution is 0.191. The molecule has 2 N–H and O–H groups in total. The third kappa shape index (κ3) is 4.07. The molecule has 12 heavy (non-hydrogen) atoms. The van der Waals surface area contributed by atoms with E-state index in [-0.39, 0.29) is 0 Å². The Morgan fingerprint density at radius 3 is 2.00 bits per heavy atom. The van der Waals surface area contributed by atoms with Crippen LogP contribution in [0.1, 0.15) is 40.0 Å². The SMILES string of the molecule is CCCN(CCN)C(CC)CC. The zero-order valence-electron chi connectivity index (χ0n) is 8.84. The van der Waals surface area contributed by atoms with Crippen molar-refractivity contribution in [1.82, 2.24) is 4.90 Å². The van der Waals surface area contributed by atoms with Crippen LogP contribution in [0.4, 0.5) is 0 Å². The van der Waals surface area contributed by atoms with E-state index in [1.165, 1.54) is 25.8 Å². The Bertz CT molecular complexity index is 83.8. The maximum Gasteiger partial charge on any atom is 0.0108 e. The zero-order valence-corrected chi connectivity index (χ0v) is 8.84.